The number of rotatable bonds is 3. The van der Waals surface area contributed by atoms with Crippen LogP contribution in [0.15, 0.2) is 48.7 Å². The predicted molar refractivity (Wildman–Crippen MR) is 106 cm³/mol. The molecule has 0 radical (unpaired) electrons. The smallest absolute Gasteiger partial charge is 0.322 e. The second kappa shape index (κ2) is 7.62. The fraction of sp³-hybridized carbons (Fsp3) is 0.150. The number of hydrogen-bond acceptors (Lipinski definition) is 4. The Morgan fingerprint density at radius 3 is 2.47 bits per heavy atom. The maximum atomic E-state index is 13.8. The van der Waals surface area contributed by atoms with Crippen LogP contribution in [0.5, 0.6) is 0 Å². The minimum Gasteiger partial charge on any atom is -0.322 e. The van der Waals surface area contributed by atoms with Gasteiger partial charge in [-0.2, -0.15) is 31.4 Å². The van der Waals surface area contributed by atoms with Gasteiger partial charge in [-0.25, -0.2) is 9.67 Å². The summed E-state index contributed by atoms with van der Waals surface area (Å²) in [6.07, 6.45) is -9.14. The molecule has 0 spiro atoms. The molecule has 5 nitrogen and oxygen atoms in total. The van der Waals surface area contributed by atoms with Crippen molar-refractivity contribution in [2.24, 2.45) is 0 Å². The minimum atomic E-state index is -5.06. The first-order valence-corrected chi connectivity index (χ1v) is 9.76. The fourth-order valence-corrected chi connectivity index (χ4v) is 3.98. The largest absolute Gasteiger partial charge is 0.434 e. The maximum absolute atomic E-state index is 13.8. The van der Waals surface area contributed by atoms with Crippen molar-refractivity contribution in [3.05, 3.63) is 70.5 Å². The second-order valence-corrected chi connectivity index (χ2v) is 7.97. The van der Waals surface area contributed by atoms with Crippen molar-refractivity contribution >= 4 is 33.1 Å². The molecule has 32 heavy (non-hydrogen) atoms. The molecule has 1 amide bonds. The summed E-state index contributed by atoms with van der Waals surface area (Å²) < 4.78 is 81.4. The Kier molecular flexibility index (Phi) is 5.19. The van der Waals surface area contributed by atoms with Gasteiger partial charge in [0.05, 0.1) is 38.2 Å². The number of thiazole rings is 1. The summed E-state index contributed by atoms with van der Waals surface area (Å²) in [4.78, 5) is 16.9. The highest BCUT2D eigenvalue weighted by atomic mass is 32.1. The normalized spacial score (nSPS) is 12.3. The molecule has 4 rings (SSSR count). The standard InChI is InChI=1S/C20H12F6N4OS/c1-10-28-15-6-5-12(8-16(15)32-10)29-18(31)14-9-27-30(17(14)20(24,25)26)13-4-2-3-11(7-13)19(21,22)23/h2-9H,1H3,(H,29,31). The topological polar surface area (TPSA) is 59.8 Å². The van der Waals surface area contributed by atoms with Crippen LogP contribution >= 0.6 is 11.3 Å². The molecule has 0 saturated heterocycles. The van der Waals surface area contributed by atoms with Gasteiger partial charge in [0, 0.05) is 5.69 Å². The Bertz CT molecular complexity index is 1320. The van der Waals surface area contributed by atoms with Crippen molar-refractivity contribution in [1.29, 1.82) is 0 Å². The van der Waals surface area contributed by atoms with E-state index in [2.05, 4.69) is 15.4 Å². The van der Waals surface area contributed by atoms with E-state index in [0.717, 1.165) is 27.9 Å². The minimum absolute atomic E-state index is 0.242. The van der Waals surface area contributed by atoms with E-state index in [9.17, 15) is 31.1 Å². The number of halogens is 6. The van der Waals surface area contributed by atoms with Crippen LogP contribution in [0, 0.1) is 6.92 Å². The van der Waals surface area contributed by atoms with Gasteiger partial charge in [0.2, 0.25) is 0 Å². The maximum Gasteiger partial charge on any atom is 0.434 e. The first kappa shape index (κ1) is 21.8. The van der Waals surface area contributed by atoms with Crippen molar-refractivity contribution in [1.82, 2.24) is 14.8 Å². The van der Waals surface area contributed by atoms with Crippen LogP contribution in [0.3, 0.4) is 0 Å². The zero-order valence-electron chi connectivity index (χ0n) is 16.0. The molecule has 2 aromatic carbocycles. The molecule has 0 fully saturated rings. The Morgan fingerprint density at radius 2 is 1.78 bits per heavy atom. The van der Waals surface area contributed by atoms with E-state index < -0.39 is 40.8 Å². The number of aryl methyl sites for hydroxylation is 1. The summed E-state index contributed by atoms with van der Waals surface area (Å²) >= 11 is 1.35. The number of amides is 1. The molecular formula is C20H12F6N4OS. The van der Waals surface area contributed by atoms with Gasteiger partial charge in [0.15, 0.2) is 5.69 Å². The number of anilines is 1. The monoisotopic (exact) mass is 470 g/mol. The van der Waals surface area contributed by atoms with E-state index in [1.807, 2.05) is 0 Å². The summed E-state index contributed by atoms with van der Waals surface area (Å²) in [6.45, 7) is 1.79. The highest BCUT2D eigenvalue weighted by Gasteiger charge is 2.41. The number of aromatic nitrogens is 3. The summed E-state index contributed by atoms with van der Waals surface area (Å²) in [6, 6.07) is 7.94. The number of alkyl halides is 6. The number of carbonyl (C=O) groups is 1. The van der Waals surface area contributed by atoms with E-state index in [1.54, 1.807) is 19.1 Å². The van der Waals surface area contributed by atoms with E-state index in [1.165, 1.54) is 17.4 Å². The molecule has 0 aliphatic rings. The van der Waals surface area contributed by atoms with Crippen LogP contribution in [0.2, 0.25) is 0 Å². The zero-order valence-corrected chi connectivity index (χ0v) is 16.9. The average molecular weight is 470 g/mol. The molecule has 0 unspecified atom stereocenters. The van der Waals surface area contributed by atoms with Crippen LogP contribution in [0.25, 0.3) is 15.9 Å². The van der Waals surface area contributed by atoms with Crippen molar-refractivity contribution in [3.63, 3.8) is 0 Å². The number of carbonyl (C=O) groups excluding carboxylic acids is 1. The molecule has 4 aromatic rings. The Morgan fingerprint density at radius 1 is 1.03 bits per heavy atom. The fourth-order valence-electron chi connectivity index (χ4n) is 3.11. The Balaban J connectivity index is 1.73. The van der Waals surface area contributed by atoms with E-state index >= 15 is 0 Å². The van der Waals surface area contributed by atoms with Crippen LogP contribution in [-0.2, 0) is 12.4 Å². The highest BCUT2D eigenvalue weighted by Crippen LogP contribution is 2.36. The van der Waals surface area contributed by atoms with E-state index in [4.69, 9.17) is 0 Å². The molecule has 0 aliphatic carbocycles. The van der Waals surface area contributed by atoms with E-state index in [-0.39, 0.29) is 10.4 Å². The van der Waals surface area contributed by atoms with Gasteiger partial charge in [-0.1, -0.05) is 6.07 Å². The van der Waals surface area contributed by atoms with Gasteiger partial charge in [-0.15, -0.1) is 11.3 Å². The Hall–Kier alpha value is -3.41. The third-order valence-electron chi connectivity index (χ3n) is 4.45. The zero-order chi connectivity index (χ0) is 23.3. The van der Waals surface area contributed by atoms with Crippen molar-refractivity contribution < 1.29 is 31.1 Å². The molecule has 0 saturated carbocycles. The summed E-state index contributed by atoms with van der Waals surface area (Å²) in [5, 5.41) is 6.71. The molecular weight excluding hydrogens is 458 g/mol. The van der Waals surface area contributed by atoms with Crippen molar-refractivity contribution in [2.45, 2.75) is 19.3 Å². The van der Waals surface area contributed by atoms with Gasteiger partial charge in [-0.05, 0) is 43.3 Å². The van der Waals surface area contributed by atoms with Gasteiger partial charge in [0.25, 0.3) is 5.91 Å². The third kappa shape index (κ3) is 4.17. The lowest BCUT2D eigenvalue weighted by Gasteiger charge is -2.14. The van der Waals surface area contributed by atoms with Gasteiger partial charge in [0.1, 0.15) is 0 Å². The number of nitrogens with zero attached hydrogens (tertiary/aromatic N) is 3. The highest BCUT2D eigenvalue weighted by molar-refractivity contribution is 7.18. The van der Waals surface area contributed by atoms with Crippen LogP contribution in [0.1, 0.15) is 26.6 Å². The average Bonchev–Trinajstić information content (AvgIpc) is 3.30. The molecule has 12 heteroatoms. The number of nitrogens with one attached hydrogen (secondary N) is 1. The number of fused-ring (bicyclic) bond motifs is 1. The quantitative estimate of drug-likeness (QED) is 0.369. The molecule has 0 bridgehead atoms. The number of hydrogen-bond donors (Lipinski definition) is 1. The van der Waals surface area contributed by atoms with Crippen LogP contribution in [-0.4, -0.2) is 20.7 Å². The first-order chi connectivity index (χ1) is 14.9. The molecule has 2 heterocycles. The van der Waals surface area contributed by atoms with Crippen molar-refractivity contribution in [3.8, 4) is 5.69 Å². The Labute approximate surface area is 180 Å². The first-order valence-electron chi connectivity index (χ1n) is 8.95. The van der Waals surface area contributed by atoms with Gasteiger partial charge < -0.3 is 5.32 Å². The molecule has 0 atom stereocenters. The predicted octanol–water partition coefficient (Wildman–Crippen LogP) is 6.08. The van der Waals surface area contributed by atoms with Gasteiger partial charge >= 0.3 is 12.4 Å². The lowest BCUT2D eigenvalue weighted by Crippen LogP contribution is -2.21. The summed E-state index contributed by atoms with van der Waals surface area (Å²) in [7, 11) is 0. The van der Waals surface area contributed by atoms with Gasteiger partial charge in [-0.3, -0.25) is 4.79 Å². The third-order valence-corrected chi connectivity index (χ3v) is 5.39. The van der Waals surface area contributed by atoms with Crippen LogP contribution in [0.4, 0.5) is 32.0 Å². The molecule has 0 aliphatic heterocycles. The molecule has 1 N–H and O–H groups in total. The summed E-state index contributed by atoms with van der Waals surface area (Å²) in [5.74, 6) is -1.10. The molecule has 2 aromatic heterocycles. The number of benzene rings is 2. The second-order valence-electron chi connectivity index (χ2n) is 6.73. The lowest BCUT2D eigenvalue weighted by atomic mass is 10.1. The van der Waals surface area contributed by atoms with E-state index in [0.29, 0.717) is 17.8 Å². The summed E-state index contributed by atoms with van der Waals surface area (Å²) in [5.41, 5.74) is -3.00. The molecule has 166 valence electrons. The van der Waals surface area contributed by atoms with Crippen molar-refractivity contribution in [2.75, 3.05) is 5.32 Å². The SMILES string of the molecule is Cc1nc2ccc(NC(=O)c3cnn(-c4cccc(C(F)(F)F)c4)c3C(F)(F)F)cc2s1. The van der Waals surface area contributed by atoms with Crippen LogP contribution < -0.4 is 5.32 Å². The lowest BCUT2D eigenvalue weighted by molar-refractivity contribution is -0.143.